The Bertz CT molecular complexity index is 963. The van der Waals surface area contributed by atoms with Gasteiger partial charge in [0.05, 0.1) is 19.0 Å². The van der Waals surface area contributed by atoms with Crippen LogP contribution < -0.4 is 10.6 Å². The number of nitrogens with zero attached hydrogens (tertiary/aromatic N) is 4. The molecular weight excluding hydrogens is 376 g/mol. The molecule has 0 saturated heterocycles. The van der Waals surface area contributed by atoms with Crippen LogP contribution >= 0.6 is 11.6 Å². The van der Waals surface area contributed by atoms with Crippen molar-refractivity contribution >= 4 is 40.2 Å². The van der Waals surface area contributed by atoms with E-state index in [0.717, 1.165) is 11.3 Å². The lowest BCUT2D eigenvalue weighted by molar-refractivity contribution is 0.201. The number of halogens is 1. The maximum Gasteiger partial charge on any atom is 0.227 e. The highest BCUT2D eigenvalue weighted by Gasteiger charge is 2.25. The number of benzene rings is 1. The smallest absolute Gasteiger partial charge is 0.227 e. The van der Waals surface area contributed by atoms with Gasteiger partial charge in [-0.25, -0.2) is 4.98 Å². The summed E-state index contributed by atoms with van der Waals surface area (Å²) in [6.45, 7) is 10.3. The van der Waals surface area contributed by atoms with Gasteiger partial charge in [-0.1, -0.05) is 38.4 Å². The number of hydrogen-bond donors (Lipinski definition) is 3. The zero-order valence-electron chi connectivity index (χ0n) is 16.9. The molecule has 7 nitrogen and oxygen atoms in total. The van der Waals surface area contributed by atoms with E-state index >= 15 is 0 Å². The zero-order valence-corrected chi connectivity index (χ0v) is 17.6. The Morgan fingerprint density at radius 3 is 2.57 bits per heavy atom. The molecule has 150 valence electrons. The van der Waals surface area contributed by atoms with Gasteiger partial charge in [0, 0.05) is 16.8 Å². The van der Waals surface area contributed by atoms with Crippen LogP contribution in [0.4, 0.5) is 17.5 Å². The second-order valence-corrected chi connectivity index (χ2v) is 8.63. The molecule has 0 aliphatic carbocycles. The summed E-state index contributed by atoms with van der Waals surface area (Å²) in [5, 5.41) is 17.0. The number of fused-ring (bicyclic) bond motifs is 1. The van der Waals surface area contributed by atoms with Crippen LogP contribution in [0.2, 0.25) is 5.02 Å². The maximum atomic E-state index is 9.81. The van der Waals surface area contributed by atoms with Gasteiger partial charge in [-0.05, 0) is 37.5 Å². The Labute approximate surface area is 170 Å². The molecule has 0 saturated carbocycles. The van der Waals surface area contributed by atoms with Crippen LogP contribution in [0.15, 0.2) is 30.6 Å². The summed E-state index contributed by atoms with van der Waals surface area (Å²) in [5.41, 5.74) is 2.05. The van der Waals surface area contributed by atoms with E-state index in [0.29, 0.717) is 22.3 Å². The first-order valence-corrected chi connectivity index (χ1v) is 9.71. The Kier molecular flexibility index (Phi) is 5.76. The van der Waals surface area contributed by atoms with Gasteiger partial charge in [0.2, 0.25) is 5.95 Å². The third kappa shape index (κ3) is 4.36. The summed E-state index contributed by atoms with van der Waals surface area (Å²) in [4.78, 5) is 13.8. The van der Waals surface area contributed by atoms with Gasteiger partial charge < -0.3 is 20.3 Å². The van der Waals surface area contributed by atoms with Crippen molar-refractivity contribution in [1.29, 1.82) is 0 Å². The first kappa shape index (κ1) is 20.4. The van der Waals surface area contributed by atoms with Crippen molar-refractivity contribution in [3.63, 3.8) is 0 Å². The molecule has 3 aromatic rings. The molecule has 8 heteroatoms. The molecule has 0 spiro atoms. The molecule has 0 radical (unpaired) electrons. The molecule has 0 fully saturated rings. The third-order valence-electron chi connectivity index (χ3n) is 4.60. The molecule has 2 heterocycles. The molecule has 28 heavy (non-hydrogen) atoms. The lowest BCUT2D eigenvalue weighted by Gasteiger charge is -2.29. The fraction of sp³-hybridized carbons (Fsp3) is 0.450. The van der Waals surface area contributed by atoms with Gasteiger partial charge >= 0.3 is 0 Å². The summed E-state index contributed by atoms with van der Waals surface area (Å²) in [6.07, 6.45) is 1.77. The summed E-state index contributed by atoms with van der Waals surface area (Å²) < 4.78 is 2.00. The monoisotopic (exact) mass is 402 g/mol. The van der Waals surface area contributed by atoms with E-state index in [1.54, 1.807) is 6.33 Å². The lowest BCUT2D eigenvalue weighted by Crippen LogP contribution is -2.37. The van der Waals surface area contributed by atoms with Crippen LogP contribution in [-0.4, -0.2) is 37.3 Å². The van der Waals surface area contributed by atoms with E-state index in [1.807, 2.05) is 28.8 Å². The van der Waals surface area contributed by atoms with Crippen LogP contribution in [-0.2, 0) is 0 Å². The predicted octanol–water partition coefficient (Wildman–Crippen LogP) is 4.62. The van der Waals surface area contributed by atoms with E-state index < -0.39 is 0 Å². The number of anilines is 3. The van der Waals surface area contributed by atoms with Crippen molar-refractivity contribution in [3.8, 4) is 0 Å². The third-order valence-corrected chi connectivity index (χ3v) is 4.83. The zero-order chi connectivity index (χ0) is 20.5. The van der Waals surface area contributed by atoms with Gasteiger partial charge in [-0.2, -0.15) is 9.97 Å². The van der Waals surface area contributed by atoms with E-state index in [2.05, 4.69) is 60.2 Å². The molecule has 0 amide bonds. The minimum Gasteiger partial charge on any atom is -0.394 e. The first-order chi connectivity index (χ1) is 13.2. The van der Waals surface area contributed by atoms with Crippen LogP contribution in [0.25, 0.3) is 11.2 Å². The first-order valence-electron chi connectivity index (χ1n) is 9.33. The normalized spacial score (nSPS) is 13.1. The molecule has 0 aliphatic heterocycles. The van der Waals surface area contributed by atoms with Crippen molar-refractivity contribution in [1.82, 2.24) is 19.5 Å². The summed E-state index contributed by atoms with van der Waals surface area (Å²) >= 11 is 6.11. The Balaban J connectivity index is 2.08. The number of imidazole rings is 1. The van der Waals surface area contributed by atoms with Gasteiger partial charge in [-0.3, -0.25) is 0 Å². The van der Waals surface area contributed by atoms with Crippen LogP contribution in [0, 0.1) is 5.41 Å². The molecule has 3 rings (SSSR count). The highest BCUT2D eigenvalue weighted by Crippen LogP contribution is 2.28. The SMILES string of the molecule is CC(C)n1cnc2c(Nc3cccc(Cl)c3)nc(N[C@H](CO)C(C)(C)C)nc21. The minimum absolute atomic E-state index is 0.0224. The fourth-order valence-electron chi connectivity index (χ4n) is 2.84. The molecular formula is C20H27ClN6O. The Morgan fingerprint density at radius 2 is 1.96 bits per heavy atom. The number of aliphatic hydroxyl groups is 1. The van der Waals surface area contributed by atoms with Crippen LogP contribution in [0.5, 0.6) is 0 Å². The summed E-state index contributed by atoms with van der Waals surface area (Å²) in [6, 6.07) is 7.43. The Morgan fingerprint density at radius 1 is 1.21 bits per heavy atom. The topological polar surface area (TPSA) is 87.9 Å². The second-order valence-electron chi connectivity index (χ2n) is 8.19. The molecule has 0 unspecified atom stereocenters. The number of nitrogens with one attached hydrogen (secondary N) is 2. The van der Waals surface area contributed by atoms with E-state index in [9.17, 15) is 5.11 Å². The largest absolute Gasteiger partial charge is 0.394 e. The molecule has 0 aliphatic rings. The highest BCUT2D eigenvalue weighted by atomic mass is 35.5. The Hall–Kier alpha value is -2.38. The number of aromatic nitrogens is 4. The van der Waals surface area contributed by atoms with Gasteiger partial charge in [-0.15, -0.1) is 0 Å². The van der Waals surface area contributed by atoms with E-state index in [-0.39, 0.29) is 24.1 Å². The average molecular weight is 403 g/mol. The predicted molar refractivity (Wildman–Crippen MR) is 114 cm³/mol. The van der Waals surface area contributed by atoms with Crippen molar-refractivity contribution in [3.05, 3.63) is 35.6 Å². The molecule has 2 aromatic heterocycles. The van der Waals surface area contributed by atoms with Crippen molar-refractivity contribution in [2.24, 2.45) is 5.41 Å². The quantitative estimate of drug-likeness (QED) is 0.557. The van der Waals surface area contributed by atoms with Crippen LogP contribution in [0.1, 0.15) is 40.7 Å². The highest BCUT2D eigenvalue weighted by molar-refractivity contribution is 6.30. The van der Waals surface area contributed by atoms with Crippen molar-refractivity contribution < 1.29 is 5.11 Å². The van der Waals surface area contributed by atoms with Crippen LogP contribution in [0.3, 0.4) is 0 Å². The second kappa shape index (κ2) is 7.93. The summed E-state index contributed by atoms with van der Waals surface area (Å²) in [7, 11) is 0. The number of hydrogen-bond acceptors (Lipinski definition) is 6. The van der Waals surface area contributed by atoms with Crippen molar-refractivity contribution in [2.75, 3.05) is 17.2 Å². The fourth-order valence-corrected chi connectivity index (χ4v) is 3.03. The van der Waals surface area contributed by atoms with Gasteiger partial charge in [0.15, 0.2) is 17.0 Å². The van der Waals surface area contributed by atoms with Gasteiger partial charge in [0.1, 0.15) is 0 Å². The average Bonchev–Trinajstić information content (AvgIpc) is 3.03. The standard InChI is InChI=1S/C20H27ClN6O/c1-12(2)27-11-22-16-17(23-14-8-6-7-13(21)9-14)25-19(26-18(16)27)24-15(10-28)20(3,4)5/h6-9,11-12,15,28H,10H2,1-5H3,(H2,23,24,25,26)/t15-/m1/s1. The van der Waals surface area contributed by atoms with E-state index in [4.69, 9.17) is 11.6 Å². The molecule has 0 bridgehead atoms. The molecule has 1 aromatic carbocycles. The number of rotatable bonds is 6. The van der Waals surface area contributed by atoms with Gasteiger partial charge in [0.25, 0.3) is 0 Å². The summed E-state index contributed by atoms with van der Waals surface area (Å²) in [5.74, 6) is 1.02. The van der Waals surface area contributed by atoms with Crippen molar-refractivity contribution in [2.45, 2.75) is 46.7 Å². The molecule has 1 atom stereocenters. The number of aliphatic hydroxyl groups excluding tert-OH is 1. The van der Waals surface area contributed by atoms with E-state index in [1.165, 1.54) is 0 Å². The molecule has 3 N–H and O–H groups in total. The maximum absolute atomic E-state index is 9.81. The minimum atomic E-state index is -0.195. The lowest BCUT2D eigenvalue weighted by atomic mass is 9.87.